The van der Waals surface area contributed by atoms with Gasteiger partial charge in [0.05, 0.1) is 47.7 Å². The number of carbonyl (C=O) groups is 1. The minimum atomic E-state index is -0.0342. The summed E-state index contributed by atoms with van der Waals surface area (Å²) in [5, 5.41) is 10.9. The van der Waals surface area contributed by atoms with E-state index in [1.807, 2.05) is 39.2 Å². The molecule has 3 aromatic heterocycles. The van der Waals surface area contributed by atoms with E-state index < -0.39 is 0 Å². The third kappa shape index (κ3) is 6.25. The van der Waals surface area contributed by atoms with Crippen molar-refractivity contribution in [3.63, 3.8) is 0 Å². The van der Waals surface area contributed by atoms with E-state index >= 15 is 0 Å². The summed E-state index contributed by atoms with van der Waals surface area (Å²) < 4.78 is 7.35. The first-order chi connectivity index (χ1) is 17.9. The lowest BCUT2D eigenvalue weighted by Gasteiger charge is -2.17. The van der Waals surface area contributed by atoms with E-state index in [0.29, 0.717) is 46.6 Å². The molecule has 37 heavy (non-hydrogen) atoms. The normalized spacial score (nSPS) is 11.0. The number of aryl methyl sites for hydroxylation is 1. The Labute approximate surface area is 216 Å². The Morgan fingerprint density at radius 1 is 1.03 bits per heavy atom. The summed E-state index contributed by atoms with van der Waals surface area (Å²) in [4.78, 5) is 32.5. The quantitative estimate of drug-likeness (QED) is 0.293. The van der Waals surface area contributed by atoms with Crippen LogP contribution in [0, 0.1) is 0 Å². The maximum Gasteiger partial charge on any atom is 0.184 e. The highest BCUT2D eigenvalue weighted by atomic mass is 16.5. The van der Waals surface area contributed by atoms with E-state index in [0.717, 1.165) is 24.2 Å². The number of hydrogen-bond donors (Lipinski definition) is 2. The summed E-state index contributed by atoms with van der Waals surface area (Å²) in [6.45, 7) is 2.71. The Kier molecular flexibility index (Phi) is 8.04. The van der Waals surface area contributed by atoms with Gasteiger partial charge in [-0.05, 0) is 26.2 Å². The first-order valence-electron chi connectivity index (χ1n) is 11.9. The number of nitrogens with one attached hydrogen (secondary N) is 2. The fraction of sp³-hybridized carbons (Fsp3) is 0.308. The van der Waals surface area contributed by atoms with Crippen LogP contribution in [0.4, 0.5) is 23.0 Å². The van der Waals surface area contributed by atoms with E-state index in [1.54, 1.807) is 49.8 Å². The van der Waals surface area contributed by atoms with E-state index in [1.165, 1.54) is 0 Å². The number of ether oxygens (including phenoxy) is 1. The van der Waals surface area contributed by atoms with Crippen molar-refractivity contribution in [2.24, 2.45) is 7.05 Å². The van der Waals surface area contributed by atoms with Crippen molar-refractivity contribution in [3.05, 3.63) is 60.4 Å². The molecule has 1 aromatic carbocycles. The van der Waals surface area contributed by atoms with Crippen molar-refractivity contribution in [3.8, 4) is 17.1 Å². The van der Waals surface area contributed by atoms with E-state index in [4.69, 9.17) is 4.74 Å². The highest BCUT2D eigenvalue weighted by molar-refractivity contribution is 6.02. The largest absolute Gasteiger partial charge is 0.494 e. The van der Waals surface area contributed by atoms with Crippen LogP contribution in [0.1, 0.15) is 29.4 Å². The lowest BCUT2D eigenvalue weighted by Crippen LogP contribution is -2.15. The third-order valence-corrected chi connectivity index (χ3v) is 5.63. The van der Waals surface area contributed by atoms with Crippen LogP contribution in [-0.4, -0.2) is 68.1 Å². The van der Waals surface area contributed by atoms with E-state index in [2.05, 4.69) is 40.6 Å². The summed E-state index contributed by atoms with van der Waals surface area (Å²) in [6.07, 6.45) is 7.78. The Bertz CT molecular complexity index is 1370. The predicted molar refractivity (Wildman–Crippen MR) is 143 cm³/mol. The second-order valence-electron chi connectivity index (χ2n) is 8.72. The molecule has 0 bridgehead atoms. The number of rotatable bonds is 11. The molecule has 11 heteroatoms. The molecule has 0 aliphatic rings. The smallest absolute Gasteiger partial charge is 0.184 e. The molecule has 0 radical (unpaired) electrons. The Morgan fingerprint density at radius 2 is 1.84 bits per heavy atom. The average molecular weight is 502 g/mol. The number of aromatic nitrogens is 6. The molecule has 2 N–H and O–H groups in total. The van der Waals surface area contributed by atoms with Gasteiger partial charge in [-0.25, -0.2) is 15.0 Å². The number of Topliss-reactive ketones (excluding diaryl/α,β-unsaturated/α-hetero) is 1. The first kappa shape index (κ1) is 25.7. The molecule has 0 atom stereocenters. The lowest BCUT2D eigenvalue weighted by molar-refractivity contribution is 0.0988. The maximum absolute atomic E-state index is 12.7. The van der Waals surface area contributed by atoms with Crippen molar-refractivity contribution < 1.29 is 9.53 Å². The topological polar surface area (TPSA) is 123 Å². The monoisotopic (exact) mass is 501 g/mol. The molecule has 4 rings (SSSR count). The number of likely N-dealkylation sites (N-methyl/N-ethyl adjacent to an activating group) is 1. The van der Waals surface area contributed by atoms with Gasteiger partial charge in [-0.1, -0.05) is 13.0 Å². The summed E-state index contributed by atoms with van der Waals surface area (Å²) in [6, 6.07) is 7.41. The molecule has 0 aliphatic carbocycles. The number of hydrogen-bond acceptors (Lipinski definition) is 10. The van der Waals surface area contributed by atoms with Gasteiger partial charge in [0.2, 0.25) is 0 Å². The van der Waals surface area contributed by atoms with E-state index in [9.17, 15) is 4.79 Å². The van der Waals surface area contributed by atoms with Crippen molar-refractivity contribution >= 4 is 28.8 Å². The number of nitrogens with zero attached hydrogens (tertiary/aromatic N) is 7. The minimum Gasteiger partial charge on any atom is -0.494 e. The molecule has 0 saturated carbocycles. The van der Waals surface area contributed by atoms with Crippen molar-refractivity contribution in [1.82, 2.24) is 34.6 Å². The molecular formula is C26H31N9O2. The Hall–Kier alpha value is -4.38. The molecule has 0 spiro atoms. The summed E-state index contributed by atoms with van der Waals surface area (Å²) >= 11 is 0. The number of benzene rings is 1. The molecule has 11 nitrogen and oxygen atoms in total. The molecule has 0 fully saturated rings. The van der Waals surface area contributed by atoms with Gasteiger partial charge >= 0.3 is 0 Å². The summed E-state index contributed by atoms with van der Waals surface area (Å²) in [7, 11) is 7.44. The zero-order valence-corrected chi connectivity index (χ0v) is 21.7. The van der Waals surface area contributed by atoms with E-state index in [-0.39, 0.29) is 5.78 Å². The first-order valence-corrected chi connectivity index (χ1v) is 11.9. The fourth-order valence-corrected chi connectivity index (χ4v) is 3.70. The molecule has 0 saturated heterocycles. The SMILES string of the molecule is CCC(=O)c1cnc(Nc2cnc(CCN(C)C)cn2)cc1Nc1cccc(-c2ncn(C)n2)c1OC. The molecule has 3 heterocycles. The van der Waals surface area contributed by atoms with Gasteiger partial charge in [-0.15, -0.1) is 0 Å². The number of ketones is 1. The maximum atomic E-state index is 12.7. The molecule has 192 valence electrons. The third-order valence-electron chi connectivity index (χ3n) is 5.63. The fourth-order valence-electron chi connectivity index (χ4n) is 3.70. The van der Waals surface area contributed by atoms with Gasteiger partial charge < -0.3 is 20.3 Å². The summed E-state index contributed by atoms with van der Waals surface area (Å²) in [5.74, 6) is 2.15. The number of carbonyl (C=O) groups excluding carboxylic acids is 1. The van der Waals surface area contributed by atoms with Gasteiger partial charge in [0, 0.05) is 38.7 Å². The average Bonchev–Trinajstić information content (AvgIpc) is 3.34. The van der Waals surface area contributed by atoms with Gasteiger partial charge in [0.1, 0.15) is 18.0 Å². The number of pyridine rings is 1. The number of anilines is 4. The van der Waals surface area contributed by atoms with Crippen LogP contribution < -0.4 is 15.4 Å². The van der Waals surface area contributed by atoms with Gasteiger partial charge in [-0.3, -0.25) is 14.5 Å². The zero-order valence-electron chi connectivity index (χ0n) is 21.7. The van der Waals surface area contributed by atoms with Crippen molar-refractivity contribution in [2.45, 2.75) is 19.8 Å². The van der Waals surface area contributed by atoms with Crippen molar-refractivity contribution in [1.29, 1.82) is 0 Å². The van der Waals surface area contributed by atoms with Crippen LogP contribution in [-0.2, 0) is 13.5 Å². The van der Waals surface area contributed by atoms with Crippen LogP contribution in [0.25, 0.3) is 11.4 Å². The number of methoxy groups -OCH3 is 1. The molecular weight excluding hydrogens is 470 g/mol. The second-order valence-corrected chi connectivity index (χ2v) is 8.72. The van der Waals surface area contributed by atoms with Gasteiger partial charge in [-0.2, -0.15) is 5.10 Å². The zero-order chi connectivity index (χ0) is 26.4. The lowest BCUT2D eigenvalue weighted by atomic mass is 10.1. The predicted octanol–water partition coefficient (Wildman–Crippen LogP) is 3.86. The number of para-hydroxylation sites is 1. The highest BCUT2D eigenvalue weighted by Crippen LogP contribution is 2.37. The van der Waals surface area contributed by atoms with Gasteiger partial charge in [0.25, 0.3) is 0 Å². The van der Waals surface area contributed by atoms with Crippen LogP contribution in [0.2, 0.25) is 0 Å². The van der Waals surface area contributed by atoms with Crippen LogP contribution in [0.15, 0.2) is 49.2 Å². The second kappa shape index (κ2) is 11.6. The van der Waals surface area contributed by atoms with Crippen LogP contribution in [0.5, 0.6) is 5.75 Å². The highest BCUT2D eigenvalue weighted by Gasteiger charge is 2.18. The molecule has 0 unspecified atom stereocenters. The summed E-state index contributed by atoms with van der Waals surface area (Å²) in [5.41, 5.74) is 3.37. The molecule has 0 aliphatic heterocycles. The Morgan fingerprint density at radius 3 is 2.49 bits per heavy atom. The standard InChI is InChI=1S/C26H31N9O2/c1-6-22(36)19-14-29-23(32-24-15-27-17(13-28-24)10-11-34(2)3)12-21(19)31-20-9-7-8-18(25(20)37-5)26-30-16-35(4)33-26/h7-9,12-16H,6,10-11H2,1-5H3,(H2,28,29,31,32). The molecule has 0 amide bonds. The van der Waals surface area contributed by atoms with Gasteiger partial charge in [0.15, 0.2) is 17.4 Å². The van der Waals surface area contributed by atoms with Crippen LogP contribution in [0.3, 0.4) is 0 Å². The van der Waals surface area contributed by atoms with Crippen LogP contribution >= 0.6 is 0 Å². The minimum absolute atomic E-state index is 0.0342. The van der Waals surface area contributed by atoms with Crippen molar-refractivity contribution in [2.75, 3.05) is 38.4 Å². The molecule has 4 aromatic rings. The Balaban J connectivity index is 1.63.